The lowest BCUT2D eigenvalue weighted by atomic mass is 9.80. The molecule has 0 unspecified atom stereocenters. The summed E-state index contributed by atoms with van der Waals surface area (Å²) in [4.78, 5) is 4.09. The van der Waals surface area contributed by atoms with E-state index in [0.29, 0.717) is 16.3 Å². The minimum atomic E-state index is -1.02. The van der Waals surface area contributed by atoms with E-state index in [4.69, 9.17) is 16.3 Å². The molecular formula is C9H14BClN2O2. The van der Waals surface area contributed by atoms with E-state index < -0.39 is 7.12 Å². The number of halogens is 1. The van der Waals surface area contributed by atoms with Gasteiger partial charge in [0.15, 0.2) is 0 Å². The minimum absolute atomic E-state index is 0.270. The van der Waals surface area contributed by atoms with Crippen molar-refractivity contribution in [1.29, 1.82) is 0 Å². The van der Waals surface area contributed by atoms with E-state index in [9.17, 15) is 5.02 Å². The molecule has 1 aromatic heterocycles. The largest absolute Gasteiger partial charge is 0.492 e. The van der Waals surface area contributed by atoms with E-state index in [2.05, 4.69) is 10.3 Å². The van der Waals surface area contributed by atoms with Crippen LogP contribution in [0.3, 0.4) is 0 Å². The standard InChI is InChI=1S/C9H14BClN2O2/c1-6(2)13-9-4-7(10(14)15-3)8(11)5-12-9/h4-6,14H,1-3H3,(H,12,13). The molecule has 0 aliphatic heterocycles. The lowest BCUT2D eigenvalue weighted by Gasteiger charge is -2.12. The van der Waals surface area contributed by atoms with E-state index in [0.717, 1.165) is 0 Å². The third-order valence-corrected chi connectivity index (χ3v) is 2.13. The second-order valence-corrected chi connectivity index (χ2v) is 3.89. The van der Waals surface area contributed by atoms with Crippen LogP contribution in [0.15, 0.2) is 12.3 Å². The molecule has 82 valence electrons. The van der Waals surface area contributed by atoms with E-state index in [1.54, 1.807) is 6.07 Å². The third kappa shape index (κ3) is 3.37. The first-order chi connectivity index (χ1) is 7.04. The fourth-order valence-electron chi connectivity index (χ4n) is 1.15. The van der Waals surface area contributed by atoms with Gasteiger partial charge in [-0.25, -0.2) is 4.98 Å². The number of hydrogen-bond acceptors (Lipinski definition) is 4. The molecule has 0 aromatic carbocycles. The van der Waals surface area contributed by atoms with Crippen LogP contribution in [0, 0.1) is 0 Å². The van der Waals surface area contributed by atoms with Crippen LogP contribution in [0.1, 0.15) is 13.8 Å². The lowest BCUT2D eigenvalue weighted by molar-refractivity contribution is 0.341. The minimum Gasteiger partial charge on any atom is -0.423 e. The zero-order chi connectivity index (χ0) is 11.4. The van der Waals surface area contributed by atoms with Gasteiger partial charge in [-0.1, -0.05) is 11.6 Å². The highest BCUT2D eigenvalue weighted by atomic mass is 35.5. The van der Waals surface area contributed by atoms with Crippen molar-refractivity contribution >= 4 is 30.0 Å². The summed E-state index contributed by atoms with van der Waals surface area (Å²) in [6.07, 6.45) is 1.49. The van der Waals surface area contributed by atoms with Crippen molar-refractivity contribution in [3.8, 4) is 0 Å². The highest BCUT2D eigenvalue weighted by Crippen LogP contribution is 2.09. The molecule has 6 heteroatoms. The SMILES string of the molecule is COB(O)c1cc(NC(C)C)ncc1Cl. The van der Waals surface area contributed by atoms with Crippen molar-refractivity contribution in [1.82, 2.24) is 4.98 Å². The second-order valence-electron chi connectivity index (χ2n) is 3.48. The van der Waals surface area contributed by atoms with Gasteiger partial charge in [0, 0.05) is 24.8 Å². The van der Waals surface area contributed by atoms with Crippen LogP contribution in [0.5, 0.6) is 0 Å². The molecule has 0 aliphatic rings. The molecule has 0 saturated heterocycles. The molecule has 0 amide bonds. The maximum atomic E-state index is 9.51. The van der Waals surface area contributed by atoms with Gasteiger partial charge in [0.25, 0.3) is 0 Å². The summed E-state index contributed by atoms with van der Waals surface area (Å²) >= 11 is 5.88. The summed E-state index contributed by atoms with van der Waals surface area (Å²) in [5, 5.41) is 13.0. The zero-order valence-electron chi connectivity index (χ0n) is 8.99. The fraction of sp³-hybridized carbons (Fsp3) is 0.444. The molecule has 1 aromatic rings. The first kappa shape index (κ1) is 12.3. The Bertz CT molecular complexity index is 336. The highest BCUT2D eigenvalue weighted by molar-refractivity contribution is 6.63. The molecule has 1 rings (SSSR count). The molecule has 15 heavy (non-hydrogen) atoms. The summed E-state index contributed by atoms with van der Waals surface area (Å²) in [6.45, 7) is 4.01. The molecule has 0 aliphatic carbocycles. The van der Waals surface area contributed by atoms with Crippen molar-refractivity contribution in [3.05, 3.63) is 17.3 Å². The van der Waals surface area contributed by atoms with Crippen LogP contribution in [0.25, 0.3) is 0 Å². The third-order valence-electron chi connectivity index (χ3n) is 1.81. The van der Waals surface area contributed by atoms with E-state index in [-0.39, 0.29) is 6.04 Å². The van der Waals surface area contributed by atoms with Crippen molar-refractivity contribution in [2.75, 3.05) is 12.4 Å². The van der Waals surface area contributed by atoms with E-state index in [1.807, 2.05) is 13.8 Å². The molecule has 4 nitrogen and oxygen atoms in total. The zero-order valence-corrected chi connectivity index (χ0v) is 9.75. The predicted molar refractivity (Wildman–Crippen MR) is 62.6 cm³/mol. The van der Waals surface area contributed by atoms with Gasteiger partial charge in [-0.05, 0) is 19.9 Å². The Morgan fingerprint density at radius 3 is 2.80 bits per heavy atom. The van der Waals surface area contributed by atoms with Gasteiger partial charge in [-0.3, -0.25) is 0 Å². The van der Waals surface area contributed by atoms with Gasteiger partial charge >= 0.3 is 7.12 Å². The van der Waals surface area contributed by atoms with E-state index in [1.165, 1.54) is 13.3 Å². The summed E-state index contributed by atoms with van der Waals surface area (Å²) in [5.74, 6) is 0.667. The normalized spacial score (nSPS) is 10.5. The Labute approximate surface area is 94.8 Å². The van der Waals surface area contributed by atoms with Crippen LogP contribution >= 0.6 is 11.6 Å². The number of nitrogens with zero attached hydrogens (tertiary/aromatic N) is 1. The van der Waals surface area contributed by atoms with Crippen molar-refractivity contribution in [2.45, 2.75) is 19.9 Å². The van der Waals surface area contributed by atoms with Crippen molar-refractivity contribution < 1.29 is 9.68 Å². The molecular weight excluding hydrogens is 214 g/mol. The number of rotatable bonds is 4. The number of aromatic nitrogens is 1. The first-order valence-corrected chi connectivity index (χ1v) is 5.05. The number of hydrogen-bond donors (Lipinski definition) is 2. The summed E-state index contributed by atoms with van der Waals surface area (Å²) in [7, 11) is 0.393. The van der Waals surface area contributed by atoms with E-state index >= 15 is 0 Å². The number of nitrogens with one attached hydrogen (secondary N) is 1. The Kier molecular flexibility index (Phi) is 4.38. The Morgan fingerprint density at radius 1 is 1.60 bits per heavy atom. The molecule has 1 heterocycles. The smallest absolute Gasteiger partial charge is 0.423 e. The quantitative estimate of drug-likeness (QED) is 0.752. The summed E-state index contributed by atoms with van der Waals surface area (Å²) in [6, 6.07) is 1.95. The van der Waals surface area contributed by atoms with Gasteiger partial charge < -0.3 is 15.0 Å². The first-order valence-electron chi connectivity index (χ1n) is 4.67. The predicted octanol–water partition coefficient (Wildman–Crippen LogP) is 0.889. The topological polar surface area (TPSA) is 54.4 Å². The lowest BCUT2D eigenvalue weighted by Crippen LogP contribution is -2.34. The van der Waals surface area contributed by atoms with Crippen molar-refractivity contribution in [2.24, 2.45) is 0 Å². The monoisotopic (exact) mass is 228 g/mol. The van der Waals surface area contributed by atoms with Gasteiger partial charge in [0.1, 0.15) is 5.82 Å². The highest BCUT2D eigenvalue weighted by Gasteiger charge is 2.19. The number of pyridine rings is 1. The molecule has 0 radical (unpaired) electrons. The second kappa shape index (κ2) is 5.35. The number of anilines is 1. The molecule has 0 bridgehead atoms. The van der Waals surface area contributed by atoms with Crippen LogP contribution in [-0.4, -0.2) is 30.3 Å². The van der Waals surface area contributed by atoms with Crippen LogP contribution in [-0.2, 0) is 4.65 Å². The van der Waals surface area contributed by atoms with Gasteiger partial charge in [0.05, 0.1) is 5.02 Å². The summed E-state index contributed by atoms with van der Waals surface area (Å²) < 4.78 is 4.79. The van der Waals surface area contributed by atoms with Crippen LogP contribution in [0.4, 0.5) is 5.82 Å². The summed E-state index contributed by atoms with van der Waals surface area (Å²) in [5.41, 5.74) is 0.511. The van der Waals surface area contributed by atoms with Gasteiger partial charge in [-0.15, -0.1) is 0 Å². The molecule has 0 spiro atoms. The van der Waals surface area contributed by atoms with Gasteiger partial charge in [-0.2, -0.15) is 0 Å². The maximum absolute atomic E-state index is 9.51. The van der Waals surface area contributed by atoms with Crippen LogP contribution in [0.2, 0.25) is 5.02 Å². The molecule has 0 atom stereocenters. The Balaban J connectivity index is 2.94. The average molecular weight is 228 g/mol. The average Bonchev–Trinajstić information content (AvgIpc) is 2.19. The Hall–Kier alpha value is -0.775. The van der Waals surface area contributed by atoms with Gasteiger partial charge in [0.2, 0.25) is 0 Å². The van der Waals surface area contributed by atoms with Crippen LogP contribution < -0.4 is 10.8 Å². The molecule has 0 saturated carbocycles. The molecule has 2 N–H and O–H groups in total. The Morgan fingerprint density at radius 2 is 2.27 bits per heavy atom. The van der Waals surface area contributed by atoms with Crippen molar-refractivity contribution in [3.63, 3.8) is 0 Å². The molecule has 0 fully saturated rings. The maximum Gasteiger partial charge on any atom is 0.492 e. The fourth-order valence-corrected chi connectivity index (χ4v) is 1.34.